The van der Waals surface area contributed by atoms with Gasteiger partial charge >= 0.3 is 0 Å². The van der Waals surface area contributed by atoms with Gasteiger partial charge < -0.3 is 24.3 Å². The lowest BCUT2D eigenvalue weighted by Crippen LogP contribution is -2.40. The van der Waals surface area contributed by atoms with Crippen LogP contribution in [0.3, 0.4) is 0 Å². The normalized spacial score (nSPS) is 14.0. The van der Waals surface area contributed by atoms with E-state index in [0.717, 1.165) is 28.5 Å². The minimum absolute atomic E-state index is 0.0365. The molecule has 0 spiro atoms. The highest BCUT2D eigenvalue weighted by Gasteiger charge is 2.20. The number of morpholine rings is 1. The zero-order valence-electron chi connectivity index (χ0n) is 19.5. The Balaban J connectivity index is 1.55. The van der Waals surface area contributed by atoms with Crippen molar-refractivity contribution in [3.8, 4) is 11.4 Å². The first-order chi connectivity index (χ1) is 16.0. The van der Waals surface area contributed by atoms with Crippen LogP contribution in [0.15, 0.2) is 36.7 Å². The summed E-state index contributed by atoms with van der Waals surface area (Å²) in [5, 5.41) is 3.26. The van der Waals surface area contributed by atoms with E-state index in [4.69, 9.17) is 14.5 Å². The number of ether oxygens (including phenoxy) is 2. The number of anilines is 2. The fourth-order valence-electron chi connectivity index (χ4n) is 4.01. The first-order valence-corrected chi connectivity index (χ1v) is 11.1. The zero-order valence-corrected chi connectivity index (χ0v) is 19.5. The van der Waals surface area contributed by atoms with Crippen molar-refractivity contribution in [2.45, 2.75) is 33.4 Å². The summed E-state index contributed by atoms with van der Waals surface area (Å²) in [4.78, 5) is 28.3. The van der Waals surface area contributed by atoms with Crippen molar-refractivity contribution in [1.29, 1.82) is 0 Å². The number of nitrogens with one attached hydrogen (secondary N) is 1. The van der Waals surface area contributed by atoms with Crippen LogP contribution in [0.2, 0.25) is 0 Å². The summed E-state index contributed by atoms with van der Waals surface area (Å²) in [6, 6.07) is 7.75. The number of hydrogen-bond donors (Lipinski definition) is 1. The lowest BCUT2D eigenvalue weighted by molar-refractivity contribution is 0.0302. The monoisotopic (exact) mass is 450 g/mol. The van der Waals surface area contributed by atoms with Gasteiger partial charge in [0.1, 0.15) is 12.4 Å². The smallest absolute Gasteiger partial charge is 0.254 e. The molecule has 9 heteroatoms. The Bertz CT molecular complexity index is 1120. The summed E-state index contributed by atoms with van der Waals surface area (Å²) >= 11 is 0. The fraction of sp³-hybridized carbons (Fsp3) is 0.417. The van der Waals surface area contributed by atoms with E-state index >= 15 is 0 Å². The second-order valence-corrected chi connectivity index (χ2v) is 8.28. The molecule has 1 N–H and O–H groups in total. The van der Waals surface area contributed by atoms with Crippen LogP contribution in [0.4, 0.5) is 11.6 Å². The Kier molecular flexibility index (Phi) is 7.00. The molecule has 0 atom stereocenters. The van der Waals surface area contributed by atoms with Crippen LogP contribution in [-0.4, -0.2) is 63.7 Å². The van der Waals surface area contributed by atoms with Gasteiger partial charge in [-0.2, -0.15) is 0 Å². The number of carbonyl (C=O) groups is 1. The summed E-state index contributed by atoms with van der Waals surface area (Å²) in [5.74, 6) is 1.37. The van der Waals surface area contributed by atoms with Crippen LogP contribution in [0.1, 0.15) is 41.6 Å². The van der Waals surface area contributed by atoms with E-state index in [2.05, 4.69) is 33.7 Å². The maximum atomic E-state index is 12.8. The van der Waals surface area contributed by atoms with Gasteiger partial charge in [-0.3, -0.25) is 4.79 Å². The molecule has 0 bridgehead atoms. The molecule has 33 heavy (non-hydrogen) atoms. The number of imidazole rings is 1. The van der Waals surface area contributed by atoms with E-state index in [9.17, 15) is 4.79 Å². The lowest BCUT2D eigenvalue weighted by atomic mass is 10.1. The number of amides is 1. The van der Waals surface area contributed by atoms with Crippen LogP contribution < -0.4 is 5.32 Å². The number of carbonyl (C=O) groups excluding carboxylic acids is 1. The van der Waals surface area contributed by atoms with Crippen molar-refractivity contribution in [2.75, 3.05) is 38.7 Å². The van der Waals surface area contributed by atoms with E-state index in [1.54, 1.807) is 13.3 Å². The van der Waals surface area contributed by atoms with Crippen LogP contribution in [0.5, 0.6) is 0 Å². The molecule has 1 aliphatic rings. The molecule has 1 aromatic carbocycles. The number of aromatic nitrogens is 4. The van der Waals surface area contributed by atoms with Crippen LogP contribution in [-0.2, 0) is 16.1 Å². The van der Waals surface area contributed by atoms with Crippen molar-refractivity contribution in [3.63, 3.8) is 0 Å². The van der Waals surface area contributed by atoms with Gasteiger partial charge in [-0.15, -0.1) is 0 Å². The third-order valence-electron chi connectivity index (χ3n) is 5.59. The summed E-state index contributed by atoms with van der Waals surface area (Å²) in [6.07, 6.45) is 3.54. The number of methoxy groups -OCH3 is 1. The maximum Gasteiger partial charge on any atom is 0.254 e. The molecule has 1 fully saturated rings. The van der Waals surface area contributed by atoms with Gasteiger partial charge in [0.2, 0.25) is 5.95 Å². The van der Waals surface area contributed by atoms with E-state index in [-0.39, 0.29) is 11.9 Å². The van der Waals surface area contributed by atoms with Gasteiger partial charge in [-0.25, -0.2) is 15.0 Å². The van der Waals surface area contributed by atoms with Crippen molar-refractivity contribution < 1.29 is 14.3 Å². The molecular formula is C24H30N6O3. The molecule has 9 nitrogen and oxygen atoms in total. The highest BCUT2D eigenvalue weighted by atomic mass is 16.5. The summed E-state index contributed by atoms with van der Waals surface area (Å²) in [5.41, 5.74) is 4.09. The van der Waals surface area contributed by atoms with E-state index in [1.165, 1.54) is 0 Å². The van der Waals surface area contributed by atoms with Crippen LogP contribution in [0, 0.1) is 6.92 Å². The van der Waals surface area contributed by atoms with Gasteiger partial charge in [-0.1, -0.05) is 0 Å². The molecule has 0 radical (unpaired) electrons. The van der Waals surface area contributed by atoms with Gasteiger partial charge in [0, 0.05) is 43.7 Å². The minimum atomic E-state index is 0.0365. The standard InChI is InChI=1S/C24H30N6O3/c1-16(2)30-21(14-26-22(30)15-32-4)20-7-8-25-24(28-20)27-18-5-6-19(17(3)13-18)23(31)29-9-11-33-12-10-29/h5-8,13-14,16H,9-12,15H2,1-4H3,(H,25,27,28). The average Bonchev–Trinajstić information content (AvgIpc) is 3.24. The fourth-order valence-corrected chi connectivity index (χ4v) is 4.01. The van der Waals surface area contributed by atoms with E-state index < -0.39 is 0 Å². The van der Waals surface area contributed by atoms with Gasteiger partial charge in [0.25, 0.3) is 5.91 Å². The molecule has 2 aromatic heterocycles. The molecule has 1 aliphatic heterocycles. The number of benzene rings is 1. The Morgan fingerprint density at radius 2 is 2.00 bits per heavy atom. The summed E-state index contributed by atoms with van der Waals surface area (Å²) < 4.78 is 12.7. The van der Waals surface area contributed by atoms with Crippen LogP contribution in [0.25, 0.3) is 11.4 Å². The Morgan fingerprint density at radius 1 is 1.21 bits per heavy atom. The first-order valence-electron chi connectivity index (χ1n) is 11.1. The highest BCUT2D eigenvalue weighted by Crippen LogP contribution is 2.25. The van der Waals surface area contributed by atoms with E-state index in [1.807, 2.05) is 42.3 Å². The second kappa shape index (κ2) is 10.1. The Labute approximate surface area is 193 Å². The Hall–Kier alpha value is -3.30. The highest BCUT2D eigenvalue weighted by molar-refractivity contribution is 5.96. The second-order valence-electron chi connectivity index (χ2n) is 8.28. The SMILES string of the molecule is COCc1ncc(-c2ccnc(Nc3ccc(C(=O)N4CCOCC4)c(C)c3)n2)n1C(C)C. The van der Waals surface area contributed by atoms with Gasteiger partial charge in [0.05, 0.1) is 30.8 Å². The van der Waals surface area contributed by atoms with Crippen molar-refractivity contribution in [3.05, 3.63) is 53.6 Å². The summed E-state index contributed by atoms with van der Waals surface area (Å²) in [7, 11) is 1.66. The largest absolute Gasteiger partial charge is 0.378 e. The molecule has 0 saturated carbocycles. The quantitative estimate of drug-likeness (QED) is 0.588. The van der Waals surface area contributed by atoms with Crippen molar-refractivity contribution in [2.24, 2.45) is 0 Å². The predicted molar refractivity (Wildman–Crippen MR) is 126 cm³/mol. The van der Waals surface area contributed by atoms with Crippen LogP contribution >= 0.6 is 0 Å². The third-order valence-corrected chi connectivity index (χ3v) is 5.59. The van der Waals surface area contributed by atoms with Crippen molar-refractivity contribution >= 4 is 17.5 Å². The average molecular weight is 451 g/mol. The minimum Gasteiger partial charge on any atom is -0.378 e. The molecule has 0 aliphatic carbocycles. The predicted octanol–water partition coefficient (Wildman–Crippen LogP) is 3.59. The molecule has 4 rings (SSSR count). The van der Waals surface area contributed by atoms with Gasteiger partial charge in [0.15, 0.2) is 0 Å². The van der Waals surface area contributed by atoms with Gasteiger partial charge in [-0.05, 0) is 50.6 Å². The molecule has 1 saturated heterocycles. The zero-order chi connectivity index (χ0) is 23.4. The topological polar surface area (TPSA) is 94.4 Å². The third kappa shape index (κ3) is 5.04. The molecule has 3 heterocycles. The van der Waals surface area contributed by atoms with Crippen molar-refractivity contribution in [1.82, 2.24) is 24.4 Å². The number of rotatable bonds is 7. The maximum absolute atomic E-state index is 12.8. The number of nitrogens with zero attached hydrogens (tertiary/aromatic N) is 5. The molecule has 174 valence electrons. The Morgan fingerprint density at radius 3 is 2.70 bits per heavy atom. The number of hydrogen-bond acceptors (Lipinski definition) is 7. The first kappa shape index (κ1) is 22.9. The molecular weight excluding hydrogens is 420 g/mol. The lowest BCUT2D eigenvalue weighted by Gasteiger charge is -2.27. The molecule has 3 aromatic rings. The number of aryl methyl sites for hydroxylation is 1. The summed E-state index contributed by atoms with van der Waals surface area (Å²) in [6.45, 7) is 9.00. The molecule has 1 amide bonds. The van der Waals surface area contributed by atoms with E-state index in [0.29, 0.717) is 44.4 Å². The molecule has 0 unspecified atom stereocenters.